The predicted molar refractivity (Wildman–Crippen MR) is 67.1 cm³/mol. The van der Waals surface area contributed by atoms with Gasteiger partial charge in [0.15, 0.2) is 9.84 Å². The van der Waals surface area contributed by atoms with Gasteiger partial charge in [0.05, 0.1) is 4.90 Å². The number of sulfone groups is 1. The molecule has 0 radical (unpaired) electrons. The number of hydrogen-bond donors (Lipinski definition) is 1. The van der Waals surface area contributed by atoms with Gasteiger partial charge in [0.1, 0.15) is 0 Å². The second-order valence-corrected chi connectivity index (χ2v) is 6.11. The van der Waals surface area contributed by atoms with Crippen molar-refractivity contribution in [2.75, 3.05) is 6.26 Å². The van der Waals surface area contributed by atoms with Crippen molar-refractivity contribution in [2.45, 2.75) is 17.9 Å². The van der Waals surface area contributed by atoms with Gasteiger partial charge < -0.3 is 5.73 Å². The fourth-order valence-corrected chi connectivity index (χ4v) is 2.65. The third kappa shape index (κ3) is 3.75. The second-order valence-electron chi connectivity index (χ2n) is 3.24. The zero-order valence-electron chi connectivity index (χ0n) is 8.40. The van der Waals surface area contributed by atoms with Crippen LogP contribution in [0.2, 0.25) is 0 Å². The van der Waals surface area contributed by atoms with Crippen LogP contribution in [0.1, 0.15) is 18.5 Å². The molecule has 1 rings (SSSR count). The number of rotatable bonds is 2. The number of benzene rings is 1. The molecule has 6 heteroatoms. The van der Waals surface area contributed by atoms with Crippen LogP contribution >= 0.6 is 28.3 Å². The summed E-state index contributed by atoms with van der Waals surface area (Å²) in [4.78, 5) is 0.300. The topological polar surface area (TPSA) is 60.2 Å². The average Bonchev–Trinajstić information content (AvgIpc) is 2.01. The minimum Gasteiger partial charge on any atom is -0.324 e. The van der Waals surface area contributed by atoms with Crippen LogP contribution in [-0.4, -0.2) is 14.7 Å². The fourth-order valence-electron chi connectivity index (χ4n) is 1.11. The van der Waals surface area contributed by atoms with Crippen LogP contribution in [0.3, 0.4) is 0 Å². The Bertz CT molecular complexity index is 445. The summed E-state index contributed by atoms with van der Waals surface area (Å²) in [5, 5.41) is 0. The Morgan fingerprint density at radius 1 is 1.40 bits per heavy atom. The quantitative estimate of drug-likeness (QED) is 0.911. The van der Waals surface area contributed by atoms with Gasteiger partial charge in [-0.3, -0.25) is 0 Å². The Hall–Kier alpha value is -0.100. The molecule has 0 heterocycles. The standard InChI is InChI=1S/C9H12BrNO2S.ClH/c1-6(11)8-4-3-7(5-9(8)10)14(2,12)13;/h3-6H,11H2,1-2H3;1H/t6-;/m0./s1. The van der Waals surface area contributed by atoms with Crippen molar-refractivity contribution in [3.8, 4) is 0 Å². The second kappa shape index (κ2) is 5.30. The zero-order valence-corrected chi connectivity index (χ0v) is 11.6. The lowest BCUT2D eigenvalue weighted by Gasteiger charge is -2.09. The molecule has 0 saturated carbocycles. The van der Waals surface area contributed by atoms with Gasteiger partial charge in [-0.25, -0.2) is 8.42 Å². The van der Waals surface area contributed by atoms with Gasteiger partial charge in [-0.1, -0.05) is 22.0 Å². The van der Waals surface area contributed by atoms with Crippen molar-refractivity contribution >= 4 is 38.2 Å². The average molecular weight is 315 g/mol. The Balaban J connectivity index is 0.00000196. The maximum atomic E-state index is 11.2. The molecule has 1 atom stereocenters. The van der Waals surface area contributed by atoms with E-state index in [1.54, 1.807) is 18.2 Å². The molecule has 2 N–H and O–H groups in total. The summed E-state index contributed by atoms with van der Waals surface area (Å²) < 4.78 is 23.2. The highest BCUT2D eigenvalue weighted by molar-refractivity contribution is 9.10. The maximum absolute atomic E-state index is 11.2. The highest BCUT2D eigenvalue weighted by atomic mass is 79.9. The molecule has 1 aromatic carbocycles. The summed E-state index contributed by atoms with van der Waals surface area (Å²) in [6.07, 6.45) is 1.18. The summed E-state index contributed by atoms with van der Waals surface area (Å²) in [5.41, 5.74) is 6.59. The summed E-state index contributed by atoms with van der Waals surface area (Å²) in [6, 6.07) is 4.76. The van der Waals surface area contributed by atoms with Gasteiger partial charge in [0.2, 0.25) is 0 Å². The maximum Gasteiger partial charge on any atom is 0.175 e. The van der Waals surface area contributed by atoms with Crippen molar-refractivity contribution in [1.82, 2.24) is 0 Å². The van der Waals surface area contributed by atoms with Gasteiger partial charge in [-0.2, -0.15) is 0 Å². The van der Waals surface area contributed by atoms with Gasteiger partial charge in [0, 0.05) is 16.8 Å². The van der Waals surface area contributed by atoms with Crippen LogP contribution in [-0.2, 0) is 9.84 Å². The van der Waals surface area contributed by atoms with E-state index in [1.165, 1.54) is 6.26 Å². The van der Waals surface area contributed by atoms with E-state index in [2.05, 4.69) is 15.9 Å². The van der Waals surface area contributed by atoms with Gasteiger partial charge in [-0.15, -0.1) is 12.4 Å². The molecule has 0 fully saturated rings. The van der Waals surface area contributed by atoms with Crippen LogP contribution in [0, 0.1) is 0 Å². The molecular weight excluding hydrogens is 302 g/mol. The molecule has 0 amide bonds. The number of hydrogen-bond acceptors (Lipinski definition) is 3. The molecule has 0 unspecified atom stereocenters. The third-order valence-corrected chi connectivity index (χ3v) is 3.69. The van der Waals surface area contributed by atoms with E-state index in [0.717, 1.165) is 10.0 Å². The molecule has 1 aromatic rings. The van der Waals surface area contributed by atoms with Crippen LogP contribution < -0.4 is 5.73 Å². The third-order valence-electron chi connectivity index (χ3n) is 1.89. The Morgan fingerprint density at radius 3 is 2.27 bits per heavy atom. The molecule has 15 heavy (non-hydrogen) atoms. The predicted octanol–water partition coefficient (Wildman–Crippen LogP) is 2.29. The minimum absolute atomic E-state index is 0. The Labute approximate surface area is 105 Å². The molecule has 0 aliphatic heterocycles. The normalized spacial score (nSPS) is 13.1. The summed E-state index contributed by atoms with van der Waals surface area (Å²) in [5.74, 6) is 0. The lowest BCUT2D eigenvalue weighted by Crippen LogP contribution is -2.06. The highest BCUT2D eigenvalue weighted by Crippen LogP contribution is 2.25. The van der Waals surface area contributed by atoms with Crippen LogP contribution in [0.15, 0.2) is 27.6 Å². The molecule has 0 aromatic heterocycles. The largest absolute Gasteiger partial charge is 0.324 e. The molecule has 3 nitrogen and oxygen atoms in total. The monoisotopic (exact) mass is 313 g/mol. The van der Waals surface area contributed by atoms with Crippen LogP contribution in [0.25, 0.3) is 0 Å². The van der Waals surface area contributed by atoms with Crippen molar-refractivity contribution in [3.63, 3.8) is 0 Å². The minimum atomic E-state index is -3.14. The van der Waals surface area contributed by atoms with Gasteiger partial charge in [-0.05, 0) is 24.6 Å². The molecule has 0 saturated heterocycles. The first-order valence-corrected chi connectivity index (χ1v) is 6.76. The number of nitrogens with two attached hydrogens (primary N) is 1. The Morgan fingerprint density at radius 2 is 1.93 bits per heavy atom. The smallest absolute Gasteiger partial charge is 0.175 e. The molecule has 0 bridgehead atoms. The highest BCUT2D eigenvalue weighted by Gasteiger charge is 2.11. The number of halogens is 2. The first-order chi connectivity index (χ1) is 6.32. The molecule has 0 aliphatic rings. The van der Waals surface area contributed by atoms with Crippen molar-refractivity contribution in [2.24, 2.45) is 5.73 Å². The van der Waals surface area contributed by atoms with Crippen molar-refractivity contribution in [3.05, 3.63) is 28.2 Å². The molecule has 0 aliphatic carbocycles. The SMILES string of the molecule is C[C@H](N)c1ccc(S(C)(=O)=O)cc1Br.Cl. The van der Waals surface area contributed by atoms with Gasteiger partial charge in [0.25, 0.3) is 0 Å². The Kier molecular flexibility index (Phi) is 5.26. The van der Waals surface area contributed by atoms with E-state index < -0.39 is 9.84 Å². The van der Waals surface area contributed by atoms with E-state index in [-0.39, 0.29) is 18.4 Å². The van der Waals surface area contributed by atoms with Gasteiger partial charge >= 0.3 is 0 Å². The molecular formula is C9H13BrClNO2S. The van der Waals surface area contributed by atoms with E-state index in [9.17, 15) is 8.42 Å². The van der Waals surface area contributed by atoms with Crippen LogP contribution in [0.4, 0.5) is 0 Å². The van der Waals surface area contributed by atoms with E-state index >= 15 is 0 Å². The van der Waals surface area contributed by atoms with E-state index in [1.807, 2.05) is 6.92 Å². The van der Waals surface area contributed by atoms with Crippen molar-refractivity contribution in [1.29, 1.82) is 0 Å². The summed E-state index contributed by atoms with van der Waals surface area (Å²) in [7, 11) is -3.14. The van der Waals surface area contributed by atoms with Crippen LogP contribution in [0.5, 0.6) is 0 Å². The first kappa shape index (κ1) is 14.9. The lowest BCUT2D eigenvalue weighted by atomic mass is 10.1. The van der Waals surface area contributed by atoms with Crippen molar-refractivity contribution < 1.29 is 8.42 Å². The summed E-state index contributed by atoms with van der Waals surface area (Å²) in [6.45, 7) is 1.85. The summed E-state index contributed by atoms with van der Waals surface area (Å²) >= 11 is 3.30. The van der Waals surface area contributed by atoms with E-state index in [4.69, 9.17) is 5.73 Å². The van der Waals surface area contributed by atoms with E-state index in [0.29, 0.717) is 4.90 Å². The zero-order chi connectivity index (χ0) is 10.9. The first-order valence-electron chi connectivity index (χ1n) is 4.07. The lowest BCUT2D eigenvalue weighted by molar-refractivity contribution is 0.601. The fraction of sp³-hybridized carbons (Fsp3) is 0.333. The molecule has 86 valence electrons. The molecule has 0 spiro atoms.